The summed E-state index contributed by atoms with van der Waals surface area (Å²) in [6.07, 6.45) is 5.60. The first-order valence-corrected chi connectivity index (χ1v) is 7.37. The fourth-order valence-electron chi connectivity index (χ4n) is 2.72. The molecule has 2 aromatic heterocycles. The standard InChI is InChI=1S/C15H18N2O4/c1-2-20-13-12-10(7-6-9-4-3-5-9)8-11(18)21-14(12)17-15(19)16-13/h8-9H,2-7H2,1H3,(H,16,17,19). The van der Waals surface area contributed by atoms with Gasteiger partial charge in [-0.05, 0) is 31.2 Å². The molecule has 1 aliphatic rings. The number of aromatic amines is 1. The summed E-state index contributed by atoms with van der Waals surface area (Å²) in [5, 5.41) is 0.607. The molecular formula is C15H18N2O4. The van der Waals surface area contributed by atoms with Gasteiger partial charge in [-0.15, -0.1) is 0 Å². The second-order valence-corrected chi connectivity index (χ2v) is 5.41. The SMILES string of the molecule is CCOc1nc(=O)[nH]c2oc(=O)cc(CCC3CCC3)c12. The first-order valence-electron chi connectivity index (χ1n) is 7.37. The summed E-state index contributed by atoms with van der Waals surface area (Å²) in [5.74, 6) is 0.974. The molecule has 0 amide bonds. The lowest BCUT2D eigenvalue weighted by Crippen LogP contribution is -2.16. The Bertz CT molecular complexity index is 753. The molecule has 0 aromatic carbocycles. The highest BCUT2D eigenvalue weighted by atomic mass is 16.5. The fourth-order valence-corrected chi connectivity index (χ4v) is 2.72. The van der Waals surface area contributed by atoms with E-state index >= 15 is 0 Å². The number of ether oxygens (including phenoxy) is 1. The van der Waals surface area contributed by atoms with Crippen molar-refractivity contribution in [3.05, 3.63) is 32.5 Å². The summed E-state index contributed by atoms with van der Waals surface area (Å²) >= 11 is 0. The van der Waals surface area contributed by atoms with E-state index in [-0.39, 0.29) is 11.6 Å². The Kier molecular flexibility index (Phi) is 3.77. The largest absolute Gasteiger partial charge is 0.477 e. The van der Waals surface area contributed by atoms with Crippen molar-refractivity contribution in [3.63, 3.8) is 0 Å². The second kappa shape index (κ2) is 5.71. The molecule has 6 nitrogen and oxygen atoms in total. The van der Waals surface area contributed by atoms with Gasteiger partial charge < -0.3 is 9.15 Å². The molecule has 3 rings (SSSR count). The lowest BCUT2D eigenvalue weighted by Gasteiger charge is -2.25. The fraction of sp³-hybridized carbons (Fsp3) is 0.533. The summed E-state index contributed by atoms with van der Waals surface area (Å²) in [6, 6.07) is 1.48. The number of H-pyrrole nitrogens is 1. The van der Waals surface area contributed by atoms with Crippen molar-refractivity contribution in [1.29, 1.82) is 0 Å². The maximum Gasteiger partial charge on any atom is 0.351 e. The smallest absolute Gasteiger partial charge is 0.351 e. The number of hydrogen-bond donors (Lipinski definition) is 1. The molecule has 0 spiro atoms. The number of aryl methyl sites for hydroxylation is 1. The zero-order valence-electron chi connectivity index (χ0n) is 12.0. The van der Waals surface area contributed by atoms with Crippen LogP contribution in [0.4, 0.5) is 0 Å². The predicted octanol–water partition coefficient (Wildman–Crippen LogP) is 2.01. The van der Waals surface area contributed by atoms with Gasteiger partial charge in [0.25, 0.3) is 0 Å². The molecule has 21 heavy (non-hydrogen) atoms. The van der Waals surface area contributed by atoms with E-state index in [9.17, 15) is 9.59 Å². The second-order valence-electron chi connectivity index (χ2n) is 5.41. The first-order chi connectivity index (χ1) is 10.2. The third-order valence-corrected chi connectivity index (χ3v) is 4.01. The number of rotatable bonds is 5. The number of fused-ring (bicyclic) bond motifs is 1. The highest BCUT2D eigenvalue weighted by Gasteiger charge is 2.19. The summed E-state index contributed by atoms with van der Waals surface area (Å²) in [5.41, 5.74) is -0.0597. The molecule has 0 unspecified atom stereocenters. The minimum Gasteiger partial charge on any atom is -0.477 e. The van der Waals surface area contributed by atoms with Crippen LogP contribution in [-0.4, -0.2) is 16.6 Å². The molecule has 2 heterocycles. The van der Waals surface area contributed by atoms with E-state index in [1.807, 2.05) is 6.92 Å². The van der Waals surface area contributed by atoms with Crippen molar-refractivity contribution in [2.24, 2.45) is 5.92 Å². The highest BCUT2D eigenvalue weighted by molar-refractivity contribution is 5.82. The lowest BCUT2D eigenvalue weighted by atomic mass is 9.81. The van der Waals surface area contributed by atoms with E-state index in [1.165, 1.54) is 25.3 Å². The van der Waals surface area contributed by atoms with Gasteiger partial charge in [-0.1, -0.05) is 19.3 Å². The van der Waals surface area contributed by atoms with Crippen LogP contribution in [0.5, 0.6) is 5.88 Å². The third-order valence-electron chi connectivity index (χ3n) is 4.01. The molecule has 0 atom stereocenters. The topological polar surface area (TPSA) is 85.2 Å². The maximum absolute atomic E-state index is 11.7. The van der Waals surface area contributed by atoms with E-state index in [0.29, 0.717) is 12.0 Å². The number of nitrogens with one attached hydrogen (secondary N) is 1. The summed E-state index contributed by atoms with van der Waals surface area (Å²) < 4.78 is 10.5. The van der Waals surface area contributed by atoms with Crippen LogP contribution >= 0.6 is 0 Å². The van der Waals surface area contributed by atoms with Crippen LogP contribution < -0.4 is 16.1 Å². The summed E-state index contributed by atoms with van der Waals surface area (Å²) in [7, 11) is 0. The molecule has 2 aromatic rings. The molecule has 0 bridgehead atoms. The van der Waals surface area contributed by atoms with Crippen LogP contribution in [0.1, 0.15) is 38.2 Å². The third kappa shape index (κ3) is 2.84. The van der Waals surface area contributed by atoms with Crippen molar-refractivity contribution in [2.45, 2.75) is 39.0 Å². The molecule has 6 heteroatoms. The molecular weight excluding hydrogens is 272 g/mol. The molecule has 1 fully saturated rings. The number of aromatic nitrogens is 2. The van der Waals surface area contributed by atoms with Gasteiger partial charge in [-0.2, -0.15) is 4.98 Å². The van der Waals surface area contributed by atoms with E-state index in [0.717, 1.165) is 24.3 Å². The van der Waals surface area contributed by atoms with Crippen LogP contribution in [0, 0.1) is 5.92 Å². The molecule has 0 aliphatic heterocycles. The minimum atomic E-state index is -0.578. The quantitative estimate of drug-likeness (QED) is 0.910. The highest BCUT2D eigenvalue weighted by Crippen LogP contribution is 2.32. The van der Waals surface area contributed by atoms with Gasteiger partial charge in [0.2, 0.25) is 11.6 Å². The molecule has 1 aliphatic carbocycles. The van der Waals surface area contributed by atoms with Crippen molar-refractivity contribution >= 4 is 11.1 Å². The number of hydrogen-bond acceptors (Lipinski definition) is 5. The zero-order valence-corrected chi connectivity index (χ0v) is 12.0. The number of nitrogens with zero attached hydrogens (tertiary/aromatic N) is 1. The molecule has 1 N–H and O–H groups in total. The van der Waals surface area contributed by atoms with E-state index in [2.05, 4.69) is 9.97 Å². The van der Waals surface area contributed by atoms with Crippen LogP contribution in [0.15, 0.2) is 20.1 Å². The molecule has 0 radical (unpaired) electrons. The first kappa shape index (κ1) is 13.9. The molecule has 0 saturated heterocycles. The van der Waals surface area contributed by atoms with Gasteiger partial charge in [0.05, 0.1) is 6.61 Å². The predicted molar refractivity (Wildman–Crippen MR) is 77.7 cm³/mol. The van der Waals surface area contributed by atoms with Crippen LogP contribution in [-0.2, 0) is 6.42 Å². The van der Waals surface area contributed by atoms with Gasteiger partial charge in [-0.25, -0.2) is 9.59 Å². The van der Waals surface area contributed by atoms with Gasteiger partial charge >= 0.3 is 11.3 Å². The van der Waals surface area contributed by atoms with Crippen LogP contribution in [0.25, 0.3) is 11.1 Å². The van der Waals surface area contributed by atoms with E-state index in [4.69, 9.17) is 9.15 Å². The lowest BCUT2D eigenvalue weighted by molar-refractivity contribution is 0.296. The maximum atomic E-state index is 11.7. The van der Waals surface area contributed by atoms with Crippen molar-refractivity contribution < 1.29 is 9.15 Å². The normalized spacial score (nSPS) is 15.1. The van der Waals surface area contributed by atoms with E-state index in [1.54, 1.807) is 0 Å². The van der Waals surface area contributed by atoms with Crippen molar-refractivity contribution in [1.82, 2.24) is 9.97 Å². The van der Waals surface area contributed by atoms with Crippen LogP contribution in [0.3, 0.4) is 0 Å². The Hall–Kier alpha value is -2.11. The van der Waals surface area contributed by atoms with Crippen molar-refractivity contribution in [3.8, 4) is 5.88 Å². The van der Waals surface area contributed by atoms with Gasteiger partial charge in [0.1, 0.15) is 5.39 Å². The Balaban J connectivity index is 2.07. The van der Waals surface area contributed by atoms with Gasteiger partial charge in [-0.3, -0.25) is 4.98 Å². The summed E-state index contributed by atoms with van der Waals surface area (Å²) in [4.78, 5) is 29.5. The monoisotopic (exact) mass is 290 g/mol. The Morgan fingerprint density at radius 3 is 2.90 bits per heavy atom. The Labute approximate surface area is 121 Å². The van der Waals surface area contributed by atoms with Gasteiger partial charge in [0, 0.05) is 6.07 Å². The Morgan fingerprint density at radius 2 is 2.24 bits per heavy atom. The van der Waals surface area contributed by atoms with Gasteiger partial charge in [0.15, 0.2) is 0 Å². The molecule has 1 saturated carbocycles. The average molecular weight is 290 g/mol. The van der Waals surface area contributed by atoms with E-state index < -0.39 is 11.3 Å². The van der Waals surface area contributed by atoms with Crippen LogP contribution in [0.2, 0.25) is 0 Å². The zero-order chi connectivity index (χ0) is 14.8. The van der Waals surface area contributed by atoms with Crippen molar-refractivity contribution in [2.75, 3.05) is 6.61 Å². The average Bonchev–Trinajstić information content (AvgIpc) is 2.35. The Morgan fingerprint density at radius 1 is 1.43 bits per heavy atom. The summed E-state index contributed by atoms with van der Waals surface area (Å²) in [6.45, 7) is 2.22. The molecule has 112 valence electrons. The minimum absolute atomic E-state index is 0.148.